The van der Waals surface area contributed by atoms with Gasteiger partial charge in [-0.15, -0.1) is 0 Å². The van der Waals surface area contributed by atoms with Gasteiger partial charge in [-0.25, -0.2) is 0 Å². The first-order chi connectivity index (χ1) is 6.72. The molecule has 0 amide bonds. The quantitative estimate of drug-likeness (QED) is 0.625. The van der Waals surface area contributed by atoms with Crippen LogP contribution in [0.5, 0.6) is 0 Å². The van der Waals surface area contributed by atoms with E-state index in [4.69, 9.17) is 0 Å². The number of hydrogen-bond donors (Lipinski definition) is 0. The second-order valence-electron chi connectivity index (χ2n) is 4.01. The molecule has 0 aliphatic heterocycles. The van der Waals surface area contributed by atoms with Gasteiger partial charge < -0.3 is 4.74 Å². The summed E-state index contributed by atoms with van der Waals surface area (Å²) in [6, 6.07) is 0. The van der Waals surface area contributed by atoms with E-state index >= 15 is 0 Å². The number of hydrogen-bond acceptors (Lipinski definition) is 3. The number of ketones is 1. The summed E-state index contributed by atoms with van der Waals surface area (Å²) in [7, 11) is 1.41. The second kappa shape index (κ2) is 3.56. The van der Waals surface area contributed by atoms with E-state index in [1.54, 1.807) is 6.08 Å². The van der Waals surface area contributed by atoms with Crippen LogP contribution in [-0.4, -0.2) is 18.9 Å². The molecule has 2 rings (SSSR count). The summed E-state index contributed by atoms with van der Waals surface area (Å²) in [6.07, 6.45) is 5.18. The largest absolute Gasteiger partial charge is 0.469 e. The SMILES string of the molecule is COC(=O)[C@@H]1C[C@H]1C1=CC(=O)CCC1. The fourth-order valence-corrected chi connectivity index (χ4v) is 2.13. The molecular formula is C11H14O3. The van der Waals surface area contributed by atoms with E-state index in [0.29, 0.717) is 12.3 Å². The van der Waals surface area contributed by atoms with Gasteiger partial charge in [-0.2, -0.15) is 0 Å². The number of methoxy groups -OCH3 is 1. The molecule has 0 aromatic carbocycles. The third-order valence-corrected chi connectivity index (χ3v) is 3.01. The zero-order valence-electron chi connectivity index (χ0n) is 8.29. The van der Waals surface area contributed by atoms with E-state index in [9.17, 15) is 9.59 Å². The van der Waals surface area contributed by atoms with E-state index in [2.05, 4.69) is 4.74 Å². The fourth-order valence-electron chi connectivity index (χ4n) is 2.13. The van der Waals surface area contributed by atoms with Crippen molar-refractivity contribution in [2.75, 3.05) is 7.11 Å². The zero-order valence-corrected chi connectivity index (χ0v) is 8.29. The van der Waals surface area contributed by atoms with Gasteiger partial charge in [-0.1, -0.05) is 5.57 Å². The molecule has 3 heteroatoms. The maximum atomic E-state index is 11.2. The van der Waals surface area contributed by atoms with Crippen molar-refractivity contribution in [1.82, 2.24) is 0 Å². The molecular weight excluding hydrogens is 180 g/mol. The van der Waals surface area contributed by atoms with E-state index in [0.717, 1.165) is 24.8 Å². The van der Waals surface area contributed by atoms with Crippen molar-refractivity contribution < 1.29 is 14.3 Å². The van der Waals surface area contributed by atoms with E-state index in [-0.39, 0.29) is 17.7 Å². The van der Waals surface area contributed by atoms with Gasteiger partial charge in [0.2, 0.25) is 0 Å². The van der Waals surface area contributed by atoms with Gasteiger partial charge in [-0.3, -0.25) is 9.59 Å². The molecule has 1 saturated carbocycles. The molecule has 2 aliphatic carbocycles. The van der Waals surface area contributed by atoms with Gasteiger partial charge in [0, 0.05) is 6.42 Å². The van der Waals surface area contributed by atoms with E-state index < -0.39 is 0 Å². The topological polar surface area (TPSA) is 43.4 Å². The molecule has 0 spiro atoms. The normalized spacial score (nSPS) is 30.9. The van der Waals surface area contributed by atoms with Crippen molar-refractivity contribution in [3.63, 3.8) is 0 Å². The number of esters is 1. The van der Waals surface area contributed by atoms with Crippen molar-refractivity contribution in [2.24, 2.45) is 11.8 Å². The highest BCUT2D eigenvalue weighted by atomic mass is 16.5. The molecule has 0 heterocycles. The number of allylic oxidation sites excluding steroid dienone is 2. The molecule has 76 valence electrons. The van der Waals surface area contributed by atoms with Crippen LogP contribution in [0, 0.1) is 11.8 Å². The first kappa shape index (κ1) is 9.44. The monoisotopic (exact) mass is 194 g/mol. The van der Waals surface area contributed by atoms with Crippen LogP contribution in [0.2, 0.25) is 0 Å². The predicted octanol–water partition coefficient (Wildman–Crippen LogP) is 1.47. The summed E-state index contributed by atoms with van der Waals surface area (Å²) in [4.78, 5) is 22.3. The van der Waals surface area contributed by atoms with Crippen molar-refractivity contribution in [3.8, 4) is 0 Å². The standard InChI is InChI=1S/C11H14O3/c1-14-11(13)10-6-9(10)7-3-2-4-8(12)5-7/h5,9-10H,2-4,6H2,1H3/t9-,10+/m0/s1. The molecule has 0 aromatic rings. The van der Waals surface area contributed by atoms with Crippen LogP contribution in [0.1, 0.15) is 25.7 Å². The lowest BCUT2D eigenvalue weighted by Gasteiger charge is -2.10. The Hall–Kier alpha value is -1.12. The van der Waals surface area contributed by atoms with Crippen LogP contribution in [0.4, 0.5) is 0 Å². The Labute approximate surface area is 83.1 Å². The van der Waals surface area contributed by atoms with E-state index in [1.807, 2.05) is 0 Å². The summed E-state index contributed by atoms with van der Waals surface area (Å²) >= 11 is 0. The van der Waals surface area contributed by atoms with E-state index in [1.165, 1.54) is 7.11 Å². The van der Waals surface area contributed by atoms with Crippen molar-refractivity contribution in [1.29, 1.82) is 0 Å². The average molecular weight is 194 g/mol. The van der Waals surface area contributed by atoms with Crippen molar-refractivity contribution >= 4 is 11.8 Å². The zero-order chi connectivity index (χ0) is 10.1. The highest BCUT2D eigenvalue weighted by Crippen LogP contribution is 2.47. The summed E-state index contributed by atoms with van der Waals surface area (Å²) in [5.74, 6) is 0.402. The molecule has 2 atom stereocenters. The minimum atomic E-state index is -0.131. The minimum absolute atomic E-state index is 0.0251. The van der Waals surface area contributed by atoms with Crippen LogP contribution in [0.25, 0.3) is 0 Å². The number of carbonyl (C=O) groups excluding carboxylic acids is 2. The highest BCUT2D eigenvalue weighted by molar-refractivity contribution is 5.91. The lowest BCUT2D eigenvalue weighted by atomic mass is 9.94. The Balaban J connectivity index is 1.99. The van der Waals surface area contributed by atoms with Gasteiger partial charge in [0.25, 0.3) is 0 Å². The molecule has 14 heavy (non-hydrogen) atoms. The Bertz CT molecular complexity index is 304. The number of rotatable bonds is 2. The van der Waals surface area contributed by atoms with Gasteiger partial charge >= 0.3 is 5.97 Å². The van der Waals surface area contributed by atoms with Crippen molar-refractivity contribution in [2.45, 2.75) is 25.7 Å². The molecule has 3 nitrogen and oxygen atoms in total. The average Bonchev–Trinajstić information content (AvgIpc) is 2.96. The molecule has 0 bridgehead atoms. The molecule has 0 saturated heterocycles. The molecule has 0 aromatic heterocycles. The lowest BCUT2D eigenvalue weighted by molar-refractivity contribution is -0.142. The van der Waals surface area contributed by atoms with Gasteiger partial charge in [0.15, 0.2) is 5.78 Å². The smallest absolute Gasteiger partial charge is 0.309 e. The maximum absolute atomic E-state index is 11.2. The first-order valence-corrected chi connectivity index (χ1v) is 5.03. The third-order valence-electron chi connectivity index (χ3n) is 3.01. The molecule has 0 N–H and O–H groups in total. The fraction of sp³-hybridized carbons (Fsp3) is 0.636. The summed E-state index contributed by atoms with van der Waals surface area (Å²) in [5, 5.41) is 0. The van der Waals surface area contributed by atoms with Gasteiger partial charge in [0.05, 0.1) is 13.0 Å². The van der Waals surface area contributed by atoms with Crippen LogP contribution in [0.3, 0.4) is 0 Å². The van der Waals surface area contributed by atoms with Crippen LogP contribution in [0.15, 0.2) is 11.6 Å². The summed E-state index contributed by atoms with van der Waals surface area (Å²) < 4.78 is 4.67. The first-order valence-electron chi connectivity index (χ1n) is 5.03. The molecule has 1 fully saturated rings. The van der Waals surface area contributed by atoms with Gasteiger partial charge in [-0.05, 0) is 31.3 Å². The second-order valence-corrected chi connectivity index (χ2v) is 4.01. The van der Waals surface area contributed by atoms with Crippen LogP contribution >= 0.6 is 0 Å². The third kappa shape index (κ3) is 1.72. The Morgan fingerprint density at radius 1 is 1.50 bits per heavy atom. The lowest BCUT2D eigenvalue weighted by Crippen LogP contribution is -2.08. The van der Waals surface area contributed by atoms with Crippen molar-refractivity contribution in [3.05, 3.63) is 11.6 Å². The number of ether oxygens (including phenoxy) is 1. The van der Waals surface area contributed by atoms with Crippen LogP contribution in [-0.2, 0) is 14.3 Å². The summed E-state index contributed by atoms with van der Waals surface area (Å²) in [5.41, 5.74) is 1.16. The highest BCUT2D eigenvalue weighted by Gasteiger charge is 2.46. The van der Waals surface area contributed by atoms with Crippen LogP contribution < -0.4 is 0 Å². The molecule has 0 unspecified atom stereocenters. The Morgan fingerprint density at radius 3 is 2.93 bits per heavy atom. The molecule has 2 aliphatic rings. The Morgan fingerprint density at radius 2 is 2.29 bits per heavy atom. The summed E-state index contributed by atoms with van der Waals surface area (Å²) in [6.45, 7) is 0. The minimum Gasteiger partial charge on any atom is -0.469 e. The maximum Gasteiger partial charge on any atom is 0.309 e. The Kier molecular flexibility index (Phi) is 2.40. The van der Waals surface area contributed by atoms with Gasteiger partial charge in [0.1, 0.15) is 0 Å². The number of carbonyl (C=O) groups is 2. The predicted molar refractivity (Wildman–Crippen MR) is 50.6 cm³/mol. The molecule has 0 radical (unpaired) electrons.